The fraction of sp³-hybridized carbons (Fsp3) is 0.333. The van der Waals surface area contributed by atoms with Gasteiger partial charge in [0, 0.05) is 17.3 Å². The molecule has 2 N–H and O–H groups in total. The molecule has 0 spiro atoms. The van der Waals surface area contributed by atoms with E-state index in [2.05, 4.69) is 10.7 Å². The lowest BCUT2D eigenvalue weighted by atomic mass is 10.2. The van der Waals surface area contributed by atoms with Crippen LogP contribution in [0.4, 0.5) is 0 Å². The van der Waals surface area contributed by atoms with Gasteiger partial charge >= 0.3 is 0 Å². The van der Waals surface area contributed by atoms with Crippen LogP contribution in [0.1, 0.15) is 18.4 Å². The molecular weight excluding hydrogens is 206 g/mol. The number of nitrogens with one attached hydrogen (secondary N) is 1. The Bertz CT molecular complexity index is 487. The lowest BCUT2D eigenvalue weighted by Crippen LogP contribution is -2.14. The number of fused-ring (bicyclic) bond motifs is 1. The Balaban J connectivity index is 1.89. The van der Waals surface area contributed by atoms with Crippen LogP contribution in [0.2, 0.25) is 0 Å². The molecule has 0 radical (unpaired) electrons. The van der Waals surface area contributed by atoms with Gasteiger partial charge in [0.05, 0.1) is 0 Å². The molecule has 1 heterocycles. The van der Waals surface area contributed by atoms with Crippen LogP contribution in [0, 0.1) is 0 Å². The zero-order valence-corrected chi connectivity index (χ0v) is 9.18. The minimum Gasteiger partial charge on any atom is -0.508 e. The molecule has 15 heavy (non-hydrogen) atoms. The summed E-state index contributed by atoms with van der Waals surface area (Å²) in [5.74, 6) is 0.353. The highest BCUT2D eigenvalue weighted by Gasteiger charge is 2.20. The second-order valence-corrected chi connectivity index (χ2v) is 5.01. The number of benzene rings is 1. The van der Waals surface area contributed by atoms with Crippen molar-refractivity contribution in [2.24, 2.45) is 0 Å². The molecule has 1 fully saturated rings. The summed E-state index contributed by atoms with van der Waals surface area (Å²) in [6.07, 6.45) is 2.64. The Kier molecular flexibility index (Phi) is 2.15. The molecule has 0 atom stereocenters. The van der Waals surface area contributed by atoms with E-state index in [0.29, 0.717) is 5.75 Å². The topological polar surface area (TPSA) is 32.3 Å². The van der Waals surface area contributed by atoms with Crippen LogP contribution in [-0.2, 0) is 6.54 Å². The number of aromatic hydroxyl groups is 1. The number of thiophene rings is 1. The first-order valence-electron chi connectivity index (χ1n) is 5.25. The van der Waals surface area contributed by atoms with Gasteiger partial charge in [0.2, 0.25) is 0 Å². The lowest BCUT2D eigenvalue weighted by molar-refractivity contribution is 0.476. The van der Waals surface area contributed by atoms with Gasteiger partial charge in [-0.15, -0.1) is 11.3 Å². The first-order chi connectivity index (χ1) is 7.33. The zero-order valence-electron chi connectivity index (χ0n) is 8.36. The van der Waals surface area contributed by atoms with E-state index in [9.17, 15) is 5.11 Å². The molecule has 1 aromatic heterocycles. The van der Waals surface area contributed by atoms with Gasteiger partial charge in [-0.3, -0.25) is 0 Å². The van der Waals surface area contributed by atoms with E-state index in [-0.39, 0.29) is 0 Å². The van der Waals surface area contributed by atoms with Crippen LogP contribution in [0.25, 0.3) is 10.1 Å². The average Bonchev–Trinajstić information content (AvgIpc) is 2.97. The third-order valence-corrected chi connectivity index (χ3v) is 3.79. The van der Waals surface area contributed by atoms with Crippen molar-refractivity contribution in [2.45, 2.75) is 25.4 Å². The molecule has 2 aromatic rings. The minimum absolute atomic E-state index is 0.353. The lowest BCUT2D eigenvalue weighted by Gasteiger charge is -2.01. The molecule has 78 valence electrons. The van der Waals surface area contributed by atoms with E-state index in [1.54, 1.807) is 17.4 Å². The van der Waals surface area contributed by atoms with Crippen LogP contribution < -0.4 is 5.32 Å². The summed E-state index contributed by atoms with van der Waals surface area (Å²) in [5, 5.41) is 16.3. The van der Waals surface area contributed by atoms with E-state index in [0.717, 1.165) is 12.6 Å². The van der Waals surface area contributed by atoms with Gasteiger partial charge in [-0.2, -0.15) is 0 Å². The quantitative estimate of drug-likeness (QED) is 0.832. The van der Waals surface area contributed by atoms with Crippen molar-refractivity contribution in [1.29, 1.82) is 0 Å². The van der Waals surface area contributed by atoms with Crippen molar-refractivity contribution < 1.29 is 5.11 Å². The highest BCUT2D eigenvalue weighted by molar-refractivity contribution is 7.17. The SMILES string of the molecule is Oc1ccc2c(CNC3CC3)csc2c1. The van der Waals surface area contributed by atoms with E-state index in [1.165, 1.54) is 28.5 Å². The summed E-state index contributed by atoms with van der Waals surface area (Å²) in [5.41, 5.74) is 1.35. The molecule has 1 aromatic carbocycles. The van der Waals surface area contributed by atoms with Crippen LogP contribution in [0.15, 0.2) is 23.6 Å². The van der Waals surface area contributed by atoms with E-state index in [1.807, 2.05) is 12.1 Å². The van der Waals surface area contributed by atoms with Crippen molar-refractivity contribution >= 4 is 21.4 Å². The first-order valence-corrected chi connectivity index (χ1v) is 6.13. The van der Waals surface area contributed by atoms with Gasteiger partial charge in [0.25, 0.3) is 0 Å². The van der Waals surface area contributed by atoms with Gasteiger partial charge < -0.3 is 10.4 Å². The second kappa shape index (κ2) is 3.51. The number of hydrogen-bond donors (Lipinski definition) is 2. The van der Waals surface area contributed by atoms with Crippen molar-refractivity contribution in [2.75, 3.05) is 0 Å². The highest BCUT2D eigenvalue weighted by atomic mass is 32.1. The summed E-state index contributed by atoms with van der Waals surface area (Å²) in [6.45, 7) is 0.954. The second-order valence-electron chi connectivity index (χ2n) is 4.10. The Morgan fingerprint density at radius 2 is 2.27 bits per heavy atom. The molecule has 3 rings (SSSR count). The Labute approximate surface area is 92.6 Å². The molecule has 0 amide bonds. The standard InChI is InChI=1S/C12H13NOS/c14-10-3-4-11-8(6-13-9-1-2-9)7-15-12(11)5-10/h3-5,7,9,13-14H,1-2,6H2. The Morgan fingerprint density at radius 3 is 3.07 bits per heavy atom. The molecule has 3 heteroatoms. The van der Waals surface area contributed by atoms with Crippen LogP contribution >= 0.6 is 11.3 Å². The number of hydrogen-bond acceptors (Lipinski definition) is 3. The molecular formula is C12H13NOS. The van der Waals surface area contributed by atoms with Gasteiger partial charge in [0.1, 0.15) is 5.75 Å². The molecule has 0 aliphatic heterocycles. The van der Waals surface area contributed by atoms with Crippen LogP contribution in [0.5, 0.6) is 5.75 Å². The largest absolute Gasteiger partial charge is 0.508 e. The fourth-order valence-electron chi connectivity index (χ4n) is 1.75. The maximum absolute atomic E-state index is 9.36. The van der Waals surface area contributed by atoms with Gasteiger partial charge in [-0.1, -0.05) is 0 Å². The third kappa shape index (κ3) is 1.85. The molecule has 0 bridgehead atoms. The third-order valence-electron chi connectivity index (χ3n) is 2.80. The van der Waals surface area contributed by atoms with Gasteiger partial charge in [0.15, 0.2) is 0 Å². The van der Waals surface area contributed by atoms with Gasteiger partial charge in [-0.25, -0.2) is 0 Å². The number of phenols is 1. The molecule has 1 aliphatic rings. The van der Waals surface area contributed by atoms with E-state index >= 15 is 0 Å². The molecule has 0 unspecified atom stereocenters. The van der Waals surface area contributed by atoms with Crippen LogP contribution in [-0.4, -0.2) is 11.1 Å². The maximum atomic E-state index is 9.36. The predicted octanol–water partition coefficient (Wildman–Crippen LogP) is 2.86. The summed E-state index contributed by atoms with van der Waals surface area (Å²) in [7, 11) is 0. The first kappa shape index (κ1) is 9.19. The Hall–Kier alpha value is -1.06. The Morgan fingerprint density at radius 1 is 1.40 bits per heavy atom. The zero-order chi connectivity index (χ0) is 10.3. The molecule has 1 aliphatic carbocycles. The molecule has 0 saturated heterocycles. The van der Waals surface area contributed by atoms with Crippen molar-refractivity contribution in [3.05, 3.63) is 29.1 Å². The monoisotopic (exact) mass is 219 g/mol. The normalized spacial score (nSPS) is 16.0. The van der Waals surface area contributed by atoms with Crippen molar-refractivity contribution in [1.82, 2.24) is 5.32 Å². The molecule has 2 nitrogen and oxygen atoms in total. The summed E-state index contributed by atoms with van der Waals surface area (Å²) in [4.78, 5) is 0. The smallest absolute Gasteiger partial charge is 0.117 e. The fourth-order valence-corrected chi connectivity index (χ4v) is 2.74. The van der Waals surface area contributed by atoms with Gasteiger partial charge in [-0.05, 0) is 47.4 Å². The average molecular weight is 219 g/mol. The number of rotatable bonds is 3. The summed E-state index contributed by atoms with van der Waals surface area (Å²) in [6, 6.07) is 6.35. The van der Waals surface area contributed by atoms with Crippen molar-refractivity contribution in [3.8, 4) is 5.75 Å². The van der Waals surface area contributed by atoms with Crippen molar-refractivity contribution in [3.63, 3.8) is 0 Å². The number of phenolic OH excluding ortho intramolecular Hbond substituents is 1. The van der Waals surface area contributed by atoms with E-state index < -0.39 is 0 Å². The predicted molar refractivity (Wildman–Crippen MR) is 63.4 cm³/mol. The van der Waals surface area contributed by atoms with Crippen LogP contribution in [0.3, 0.4) is 0 Å². The summed E-state index contributed by atoms with van der Waals surface area (Å²) >= 11 is 1.70. The summed E-state index contributed by atoms with van der Waals surface area (Å²) < 4.78 is 1.17. The van der Waals surface area contributed by atoms with E-state index in [4.69, 9.17) is 0 Å². The molecule has 1 saturated carbocycles. The maximum Gasteiger partial charge on any atom is 0.117 e. The highest BCUT2D eigenvalue weighted by Crippen LogP contribution is 2.29. The minimum atomic E-state index is 0.353.